The SMILES string of the molecule is CCCS(=O)(=O)CCNCCCC(N)=O. The molecule has 90 valence electrons. The summed E-state index contributed by atoms with van der Waals surface area (Å²) in [7, 11) is -2.89. The molecule has 5 nitrogen and oxygen atoms in total. The van der Waals surface area contributed by atoms with E-state index in [9.17, 15) is 13.2 Å². The van der Waals surface area contributed by atoms with Crippen LogP contribution in [0.15, 0.2) is 0 Å². The molecule has 0 saturated carbocycles. The zero-order valence-electron chi connectivity index (χ0n) is 9.16. The second kappa shape index (κ2) is 7.64. The van der Waals surface area contributed by atoms with Crippen LogP contribution in [0.4, 0.5) is 0 Å². The first-order valence-corrected chi connectivity index (χ1v) is 6.99. The zero-order chi connectivity index (χ0) is 11.7. The number of primary amides is 1. The standard InChI is InChI=1S/C9H20N2O3S/c1-2-7-15(13,14)8-6-11-5-3-4-9(10)12/h11H,2-8H2,1H3,(H2,10,12). The van der Waals surface area contributed by atoms with E-state index in [0.29, 0.717) is 32.4 Å². The Morgan fingerprint density at radius 1 is 1.27 bits per heavy atom. The number of sulfone groups is 1. The lowest BCUT2D eigenvalue weighted by atomic mass is 10.3. The molecule has 1 amide bonds. The first-order chi connectivity index (χ1) is 6.98. The average Bonchev–Trinajstić information content (AvgIpc) is 2.10. The summed E-state index contributed by atoms with van der Waals surface area (Å²) in [6, 6.07) is 0. The number of hydrogen-bond donors (Lipinski definition) is 2. The maximum Gasteiger partial charge on any atom is 0.217 e. The van der Waals surface area contributed by atoms with E-state index >= 15 is 0 Å². The van der Waals surface area contributed by atoms with Crippen molar-refractivity contribution < 1.29 is 13.2 Å². The third-order valence-corrected chi connectivity index (χ3v) is 3.74. The molecule has 3 N–H and O–H groups in total. The largest absolute Gasteiger partial charge is 0.370 e. The molecular weight excluding hydrogens is 216 g/mol. The lowest BCUT2D eigenvalue weighted by Crippen LogP contribution is -2.26. The molecule has 0 bridgehead atoms. The van der Waals surface area contributed by atoms with E-state index in [-0.39, 0.29) is 17.4 Å². The van der Waals surface area contributed by atoms with Crippen molar-refractivity contribution in [1.29, 1.82) is 0 Å². The van der Waals surface area contributed by atoms with Crippen LogP contribution in [-0.2, 0) is 14.6 Å². The Hall–Kier alpha value is -0.620. The number of hydrogen-bond acceptors (Lipinski definition) is 4. The van der Waals surface area contributed by atoms with Crippen LogP contribution in [0.2, 0.25) is 0 Å². The van der Waals surface area contributed by atoms with Crippen molar-refractivity contribution in [1.82, 2.24) is 5.32 Å². The molecular formula is C9H20N2O3S. The molecule has 0 radical (unpaired) electrons. The van der Waals surface area contributed by atoms with Crippen LogP contribution in [0.3, 0.4) is 0 Å². The second-order valence-corrected chi connectivity index (χ2v) is 5.78. The van der Waals surface area contributed by atoms with Crippen molar-refractivity contribution in [2.75, 3.05) is 24.6 Å². The summed E-state index contributed by atoms with van der Waals surface area (Å²) in [5, 5.41) is 2.97. The maximum absolute atomic E-state index is 11.3. The van der Waals surface area contributed by atoms with Gasteiger partial charge >= 0.3 is 0 Å². The van der Waals surface area contributed by atoms with Crippen LogP contribution in [0.25, 0.3) is 0 Å². The van der Waals surface area contributed by atoms with Gasteiger partial charge < -0.3 is 11.1 Å². The highest BCUT2D eigenvalue weighted by molar-refractivity contribution is 7.91. The summed E-state index contributed by atoms with van der Waals surface area (Å²) in [4.78, 5) is 10.4. The van der Waals surface area contributed by atoms with Gasteiger partial charge in [0.15, 0.2) is 9.84 Å². The summed E-state index contributed by atoms with van der Waals surface area (Å²) >= 11 is 0. The van der Waals surface area contributed by atoms with E-state index in [4.69, 9.17) is 5.73 Å². The molecule has 0 aliphatic rings. The molecule has 0 aliphatic carbocycles. The lowest BCUT2D eigenvalue weighted by Gasteiger charge is -2.04. The fraction of sp³-hybridized carbons (Fsp3) is 0.889. The molecule has 0 atom stereocenters. The highest BCUT2D eigenvalue weighted by Crippen LogP contribution is 1.92. The molecule has 0 saturated heterocycles. The van der Waals surface area contributed by atoms with E-state index in [1.165, 1.54) is 0 Å². The quantitative estimate of drug-likeness (QED) is 0.536. The summed E-state index contributed by atoms with van der Waals surface area (Å²) in [5.41, 5.74) is 4.95. The van der Waals surface area contributed by atoms with Crippen molar-refractivity contribution in [2.24, 2.45) is 5.73 Å². The molecule has 0 aliphatic heterocycles. The number of rotatable bonds is 9. The molecule has 15 heavy (non-hydrogen) atoms. The van der Waals surface area contributed by atoms with Crippen molar-refractivity contribution in [2.45, 2.75) is 26.2 Å². The molecule has 0 aromatic heterocycles. The van der Waals surface area contributed by atoms with Gasteiger partial charge in [-0.3, -0.25) is 4.79 Å². The van der Waals surface area contributed by atoms with Gasteiger partial charge in [-0.05, 0) is 19.4 Å². The minimum atomic E-state index is -2.89. The van der Waals surface area contributed by atoms with Gasteiger partial charge in [0.05, 0.1) is 5.75 Å². The van der Waals surface area contributed by atoms with Crippen molar-refractivity contribution in [3.05, 3.63) is 0 Å². The summed E-state index contributed by atoms with van der Waals surface area (Å²) in [5.74, 6) is 0.0864. The normalized spacial score (nSPS) is 11.5. The van der Waals surface area contributed by atoms with Crippen molar-refractivity contribution >= 4 is 15.7 Å². The van der Waals surface area contributed by atoms with Gasteiger partial charge in [-0.1, -0.05) is 6.92 Å². The van der Waals surface area contributed by atoms with Crippen LogP contribution >= 0.6 is 0 Å². The predicted octanol–water partition coefficient (Wildman–Crippen LogP) is -0.334. The summed E-state index contributed by atoms with van der Waals surface area (Å²) in [6.07, 6.45) is 1.65. The molecule has 0 aromatic rings. The molecule has 0 rings (SSSR count). The van der Waals surface area contributed by atoms with Crippen LogP contribution in [0.1, 0.15) is 26.2 Å². The highest BCUT2D eigenvalue weighted by Gasteiger charge is 2.07. The van der Waals surface area contributed by atoms with Crippen LogP contribution in [0, 0.1) is 0 Å². The Balaban J connectivity index is 3.42. The van der Waals surface area contributed by atoms with E-state index in [2.05, 4.69) is 5.32 Å². The van der Waals surface area contributed by atoms with Gasteiger partial charge in [-0.2, -0.15) is 0 Å². The Kier molecular flexibility index (Phi) is 7.33. The Labute approximate surface area is 91.3 Å². The van der Waals surface area contributed by atoms with Gasteiger partial charge in [0.2, 0.25) is 5.91 Å². The van der Waals surface area contributed by atoms with Crippen molar-refractivity contribution in [3.63, 3.8) is 0 Å². The number of carbonyl (C=O) groups is 1. The number of nitrogens with two attached hydrogens (primary N) is 1. The van der Waals surface area contributed by atoms with Gasteiger partial charge in [0.25, 0.3) is 0 Å². The molecule has 0 spiro atoms. The number of amides is 1. The highest BCUT2D eigenvalue weighted by atomic mass is 32.2. The summed E-state index contributed by atoms with van der Waals surface area (Å²) in [6.45, 7) is 2.92. The van der Waals surface area contributed by atoms with Gasteiger partial charge in [-0.25, -0.2) is 8.42 Å². The number of carbonyl (C=O) groups excluding carboxylic acids is 1. The Bertz CT molecular complexity index is 275. The molecule has 0 aromatic carbocycles. The van der Waals surface area contributed by atoms with Crippen LogP contribution < -0.4 is 11.1 Å². The lowest BCUT2D eigenvalue weighted by molar-refractivity contribution is -0.118. The maximum atomic E-state index is 11.3. The van der Waals surface area contributed by atoms with Gasteiger partial charge in [0, 0.05) is 18.7 Å². The van der Waals surface area contributed by atoms with Crippen LogP contribution in [0.5, 0.6) is 0 Å². The van der Waals surface area contributed by atoms with Crippen molar-refractivity contribution in [3.8, 4) is 0 Å². The Morgan fingerprint density at radius 2 is 1.93 bits per heavy atom. The third-order valence-electron chi connectivity index (χ3n) is 1.88. The smallest absolute Gasteiger partial charge is 0.217 e. The fourth-order valence-corrected chi connectivity index (χ4v) is 2.43. The van der Waals surface area contributed by atoms with E-state index in [0.717, 1.165) is 0 Å². The van der Waals surface area contributed by atoms with Gasteiger partial charge in [0.1, 0.15) is 0 Å². The van der Waals surface area contributed by atoms with Crippen LogP contribution in [-0.4, -0.2) is 38.9 Å². The minimum absolute atomic E-state index is 0.164. The molecule has 0 unspecified atom stereocenters. The predicted molar refractivity (Wildman–Crippen MR) is 60.2 cm³/mol. The topological polar surface area (TPSA) is 89.3 Å². The summed E-state index contributed by atoms with van der Waals surface area (Å²) < 4.78 is 22.5. The third kappa shape index (κ3) is 9.68. The first kappa shape index (κ1) is 14.4. The molecule has 6 heteroatoms. The fourth-order valence-electron chi connectivity index (χ4n) is 1.15. The second-order valence-electron chi connectivity index (χ2n) is 3.47. The van der Waals surface area contributed by atoms with E-state index < -0.39 is 9.84 Å². The first-order valence-electron chi connectivity index (χ1n) is 5.17. The molecule has 0 fully saturated rings. The number of nitrogens with one attached hydrogen (secondary N) is 1. The van der Waals surface area contributed by atoms with Gasteiger partial charge in [-0.15, -0.1) is 0 Å². The van der Waals surface area contributed by atoms with E-state index in [1.54, 1.807) is 0 Å². The average molecular weight is 236 g/mol. The zero-order valence-corrected chi connectivity index (χ0v) is 9.98. The minimum Gasteiger partial charge on any atom is -0.370 e. The molecule has 0 heterocycles. The Morgan fingerprint density at radius 3 is 2.47 bits per heavy atom. The monoisotopic (exact) mass is 236 g/mol. The van der Waals surface area contributed by atoms with E-state index in [1.807, 2.05) is 6.92 Å².